The lowest BCUT2D eigenvalue weighted by molar-refractivity contribution is -0.0459. The molecule has 2 saturated heterocycles. The van der Waals surface area contributed by atoms with Gasteiger partial charge in [-0.3, -0.25) is 0 Å². The van der Waals surface area contributed by atoms with E-state index in [1.165, 1.54) is 0 Å². The van der Waals surface area contributed by atoms with Gasteiger partial charge in [0.15, 0.2) is 0 Å². The van der Waals surface area contributed by atoms with Gasteiger partial charge in [0.05, 0.1) is 12.2 Å². The largest absolute Gasteiger partial charge is 0.373 e. The first kappa shape index (κ1) is 15.2. The van der Waals surface area contributed by atoms with Crippen LogP contribution >= 0.6 is 0 Å². The van der Waals surface area contributed by atoms with Crippen molar-refractivity contribution in [3.63, 3.8) is 0 Å². The molecule has 19 heavy (non-hydrogen) atoms. The van der Waals surface area contributed by atoms with Gasteiger partial charge in [-0.2, -0.15) is 17.0 Å². The predicted octanol–water partition coefficient (Wildman–Crippen LogP) is 0.154. The summed E-state index contributed by atoms with van der Waals surface area (Å²) in [7, 11) is -3.41. The van der Waals surface area contributed by atoms with E-state index in [0.717, 1.165) is 19.3 Å². The number of rotatable bonds is 3. The van der Waals surface area contributed by atoms with E-state index in [0.29, 0.717) is 26.2 Å². The molecule has 0 saturated carbocycles. The van der Waals surface area contributed by atoms with Gasteiger partial charge in [0.2, 0.25) is 0 Å². The summed E-state index contributed by atoms with van der Waals surface area (Å²) in [6.07, 6.45) is 2.74. The van der Waals surface area contributed by atoms with Gasteiger partial charge in [0.25, 0.3) is 10.2 Å². The molecule has 6 nitrogen and oxygen atoms in total. The highest BCUT2D eigenvalue weighted by atomic mass is 32.2. The van der Waals surface area contributed by atoms with Crippen LogP contribution in [0.3, 0.4) is 0 Å². The number of ether oxygens (including phenoxy) is 1. The van der Waals surface area contributed by atoms with Crippen molar-refractivity contribution < 1.29 is 13.2 Å². The van der Waals surface area contributed by atoms with Crippen LogP contribution in [0.1, 0.15) is 33.1 Å². The Bertz CT molecular complexity index is 391. The number of nitrogens with two attached hydrogens (primary N) is 1. The molecule has 0 aromatic rings. The normalized spacial score (nSPS) is 35.4. The molecule has 0 radical (unpaired) electrons. The molecule has 2 fully saturated rings. The second kappa shape index (κ2) is 6.05. The van der Waals surface area contributed by atoms with Crippen molar-refractivity contribution in [2.45, 2.75) is 51.4 Å². The van der Waals surface area contributed by atoms with E-state index in [4.69, 9.17) is 10.5 Å². The van der Waals surface area contributed by atoms with Crippen LogP contribution in [0, 0.1) is 0 Å². The van der Waals surface area contributed by atoms with Crippen molar-refractivity contribution in [1.29, 1.82) is 0 Å². The van der Waals surface area contributed by atoms with Crippen LogP contribution in [0.2, 0.25) is 0 Å². The van der Waals surface area contributed by atoms with Gasteiger partial charge >= 0.3 is 0 Å². The first-order valence-electron chi connectivity index (χ1n) is 7.07. The van der Waals surface area contributed by atoms with E-state index >= 15 is 0 Å². The molecule has 3 atom stereocenters. The lowest BCUT2D eigenvalue weighted by Crippen LogP contribution is -2.57. The first-order valence-corrected chi connectivity index (χ1v) is 8.47. The van der Waals surface area contributed by atoms with Gasteiger partial charge < -0.3 is 10.5 Å². The lowest BCUT2D eigenvalue weighted by Gasteiger charge is -2.41. The first-order chi connectivity index (χ1) is 8.95. The molecule has 0 aliphatic carbocycles. The molecule has 2 aliphatic rings. The zero-order valence-corrected chi connectivity index (χ0v) is 12.6. The molecule has 0 amide bonds. The SMILES string of the molecule is C[C@@H]1CN(S(=O)(=O)N2CCCCC2CN)C[C@H](C)O1. The highest BCUT2D eigenvalue weighted by molar-refractivity contribution is 7.86. The van der Waals surface area contributed by atoms with Crippen molar-refractivity contribution in [2.24, 2.45) is 5.73 Å². The summed E-state index contributed by atoms with van der Waals surface area (Å²) in [6, 6.07) is -0.0489. The third-order valence-corrected chi connectivity index (χ3v) is 5.88. The standard InChI is InChI=1S/C12H25N3O3S/c1-10-8-14(9-11(2)18-10)19(16,17)15-6-4-3-5-12(15)7-13/h10-12H,3-9,13H2,1-2H3/t10-,11+,12?. The average Bonchev–Trinajstić information content (AvgIpc) is 2.37. The summed E-state index contributed by atoms with van der Waals surface area (Å²) in [5.41, 5.74) is 5.73. The molecule has 0 bridgehead atoms. The fourth-order valence-electron chi connectivity index (χ4n) is 2.98. The van der Waals surface area contributed by atoms with E-state index in [1.54, 1.807) is 8.61 Å². The third-order valence-electron chi connectivity index (χ3n) is 3.85. The molecule has 7 heteroatoms. The van der Waals surface area contributed by atoms with Crippen LogP contribution in [0.25, 0.3) is 0 Å². The number of morpholine rings is 1. The van der Waals surface area contributed by atoms with Crippen LogP contribution in [-0.2, 0) is 14.9 Å². The second-order valence-electron chi connectivity index (χ2n) is 5.58. The van der Waals surface area contributed by atoms with Crippen molar-refractivity contribution in [3.05, 3.63) is 0 Å². The Morgan fingerprint density at radius 3 is 2.42 bits per heavy atom. The van der Waals surface area contributed by atoms with E-state index in [1.807, 2.05) is 13.8 Å². The van der Waals surface area contributed by atoms with Crippen LogP contribution in [-0.4, -0.2) is 61.5 Å². The van der Waals surface area contributed by atoms with Crippen molar-refractivity contribution in [3.8, 4) is 0 Å². The number of hydrogen-bond donors (Lipinski definition) is 1. The lowest BCUT2D eigenvalue weighted by atomic mass is 10.1. The Balaban J connectivity index is 2.16. The van der Waals surface area contributed by atoms with E-state index < -0.39 is 10.2 Å². The van der Waals surface area contributed by atoms with Gasteiger partial charge in [-0.1, -0.05) is 6.42 Å². The van der Waals surface area contributed by atoms with E-state index in [9.17, 15) is 8.42 Å². The molecule has 2 heterocycles. The van der Waals surface area contributed by atoms with Crippen LogP contribution in [0.5, 0.6) is 0 Å². The molecule has 1 unspecified atom stereocenters. The van der Waals surface area contributed by atoms with Crippen LogP contribution in [0.4, 0.5) is 0 Å². The minimum absolute atomic E-state index is 0.0489. The summed E-state index contributed by atoms with van der Waals surface area (Å²) in [5, 5.41) is 0. The predicted molar refractivity (Wildman–Crippen MR) is 73.9 cm³/mol. The van der Waals surface area contributed by atoms with Crippen LogP contribution < -0.4 is 5.73 Å². The molecule has 2 rings (SSSR count). The molecular weight excluding hydrogens is 266 g/mol. The highest BCUT2D eigenvalue weighted by Gasteiger charge is 2.39. The summed E-state index contributed by atoms with van der Waals surface area (Å²) in [6.45, 7) is 5.67. The highest BCUT2D eigenvalue weighted by Crippen LogP contribution is 2.24. The Kier molecular flexibility index (Phi) is 4.84. The zero-order valence-electron chi connectivity index (χ0n) is 11.8. The maximum Gasteiger partial charge on any atom is 0.282 e. The maximum absolute atomic E-state index is 12.7. The molecule has 0 aromatic carbocycles. The topological polar surface area (TPSA) is 75.9 Å². The maximum atomic E-state index is 12.7. The molecule has 0 spiro atoms. The summed E-state index contributed by atoms with van der Waals surface area (Å²) in [5.74, 6) is 0. The Hall–Kier alpha value is -0.210. The van der Waals surface area contributed by atoms with Crippen molar-refractivity contribution in [1.82, 2.24) is 8.61 Å². The molecule has 2 aliphatic heterocycles. The minimum atomic E-state index is -3.41. The van der Waals surface area contributed by atoms with Gasteiger partial charge in [-0.25, -0.2) is 0 Å². The quantitative estimate of drug-likeness (QED) is 0.803. The van der Waals surface area contributed by atoms with Gasteiger partial charge in [0.1, 0.15) is 0 Å². The molecule has 0 aromatic heterocycles. The summed E-state index contributed by atoms with van der Waals surface area (Å²) in [4.78, 5) is 0. The fraction of sp³-hybridized carbons (Fsp3) is 1.00. The Morgan fingerprint density at radius 2 is 1.84 bits per heavy atom. The second-order valence-corrected chi connectivity index (χ2v) is 7.46. The number of piperidine rings is 1. The third kappa shape index (κ3) is 3.28. The number of hydrogen-bond acceptors (Lipinski definition) is 4. The van der Waals surface area contributed by atoms with Gasteiger partial charge in [0, 0.05) is 32.2 Å². The molecule has 112 valence electrons. The average molecular weight is 291 g/mol. The van der Waals surface area contributed by atoms with Gasteiger partial charge in [-0.05, 0) is 26.7 Å². The van der Waals surface area contributed by atoms with Crippen LogP contribution in [0.15, 0.2) is 0 Å². The fourth-order valence-corrected chi connectivity index (χ4v) is 5.00. The molecule has 2 N–H and O–H groups in total. The Morgan fingerprint density at radius 1 is 1.21 bits per heavy atom. The minimum Gasteiger partial charge on any atom is -0.373 e. The van der Waals surface area contributed by atoms with Gasteiger partial charge in [-0.15, -0.1) is 0 Å². The van der Waals surface area contributed by atoms with Crippen molar-refractivity contribution in [2.75, 3.05) is 26.2 Å². The Labute approximate surface area is 116 Å². The summed E-state index contributed by atoms with van der Waals surface area (Å²) >= 11 is 0. The smallest absolute Gasteiger partial charge is 0.282 e. The zero-order chi connectivity index (χ0) is 14.0. The molecular formula is C12H25N3O3S. The monoisotopic (exact) mass is 291 g/mol. The number of nitrogens with zero attached hydrogens (tertiary/aromatic N) is 2. The van der Waals surface area contributed by atoms with Crippen molar-refractivity contribution >= 4 is 10.2 Å². The van der Waals surface area contributed by atoms with E-state index in [2.05, 4.69) is 0 Å². The summed E-state index contributed by atoms with van der Waals surface area (Å²) < 4.78 is 34.2. The van der Waals surface area contributed by atoms with E-state index in [-0.39, 0.29) is 18.2 Å².